The number of aliphatic hydroxyl groups excluding tert-OH is 1. The molecule has 0 aliphatic rings. The Morgan fingerprint density at radius 3 is 2.58 bits per heavy atom. The number of aliphatic hydroxyl groups is 1. The molecular weight excluding hydrogens is 269 g/mol. The first kappa shape index (κ1) is 16.1. The summed E-state index contributed by atoms with van der Waals surface area (Å²) in [5.74, 6) is -0.558. The molecule has 1 N–H and O–H groups in total. The fraction of sp³-hybridized carbons (Fsp3) is 0.538. The van der Waals surface area contributed by atoms with Crippen molar-refractivity contribution in [3.8, 4) is 0 Å². The fourth-order valence-corrected chi connectivity index (χ4v) is 3.20. The van der Waals surface area contributed by atoms with Gasteiger partial charge in [-0.2, -0.15) is 0 Å². The molecule has 0 saturated carbocycles. The van der Waals surface area contributed by atoms with Gasteiger partial charge in [0.05, 0.1) is 4.90 Å². The molecule has 0 bridgehead atoms. The number of nitrogens with zero attached hydrogens (tertiary/aromatic N) is 1. The van der Waals surface area contributed by atoms with Crippen molar-refractivity contribution < 1.29 is 17.9 Å². The number of aryl methyl sites for hydroxylation is 1. The zero-order valence-electron chi connectivity index (χ0n) is 11.3. The van der Waals surface area contributed by atoms with Crippen molar-refractivity contribution >= 4 is 10.0 Å². The van der Waals surface area contributed by atoms with Crippen LogP contribution < -0.4 is 0 Å². The van der Waals surface area contributed by atoms with E-state index in [4.69, 9.17) is 5.11 Å². The number of benzene rings is 1. The van der Waals surface area contributed by atoms with Crippen molar-refractivity contribution in [2.75, 3.05) is 20.2 Å². The van der Waals surface area contributed by atoms with Crippen molar-refractivity contribution in [2.45, 2.75) is 31.1 Å². The van der Waals surface area contributed by atoms with Crippen molar-refractivity contribution in [3.63, 3.8) is 0 Å². The maximum absolute atomic E-state index is 13.2. The fourth-order valence-electron chi connectivity index (χ4n) is 1.76. The Kier molecular flexibility index (Phi) is 5.90. The maximum atomic E-state index is 13.2. The molecule has 0 aromatic heterocycles. The molecule has 1 rings (SSSR count). The lowest BCUT2D eigenvalue weighted by molar-refractivity contribution is 0.281. The largest absolute Gasteiger partial charge is 0.396 e. The van der Waals surface area contributed by atoms with Gasteiger partial charge in [0.25, 0.3) is 0 Å². The predicted octanol–water partition coefficient (Wildman–Crippen LogP) is 1.92. The third-order valence-electron chi connectivity index (χ3n) is 2.97. The molecule has 0 saturated heterocycles. The van der Waals surface area contributed by atoms with E-state index >= 15 is 0 Å². The van der Waals surface area contributed by atoms with Crippen LogP contribution in [-0.4, -0.2) is 38.0 Å². The molecule has 0 heterocycles. The van der Waals surface area contributed by atoms with E-state index in [1.54, 1.807) is 6.92 Å². The Balaban J connectivity index is 2.82. The summed E-state index contributed by atoms with van der Waals surface area (Å²) in [5.41, 5.74) is 0.531. The van der Waals surface area contributed by atoms with Crippen LogP contribution in [0.2, 0.25) is 0 Å². The highest BCUT2D eigenvalue weighted by molar-refractivity contribution is 7.89. The quantitative estimate of drug-likeness (QED) is 0.780. The minimum absolute atomic E-state index is 0.0113. The number of halogens is 1. The molecule has 0 amide bonds. The molecule has 0 fully saturated rings. The maximum Gasteiger partial charge on any atom is 0.243 e. The first-order valence-corrected chi connectivity index (χ1v) is 7.67. The summed E-state index contributed by atoms with van der Waals surface area (Å²) < 4.78 is 39.0. The highest BCUT2D eigenvalue weighted by Crippen LogP contribution is 2.20. The molecule has 1 aromatic carbocycles. The zero-order chi connectivity index (χ0) is 14.5. The normalized spacial score (nSPS) is 12.1. The van der Waals surface area contributed by atoms with Gasteiger partial charge in [-0.25, -0.2) is 17.1 Å². The summed E-state index contributed by atoms with van der Waals surface area (Å²) in [5, 5.41) is 8.66. The Morgan fingerprint density at radius 1 is 1.26 bits per heavy atom. The van der Waals surface area contributed by atoms with Crippen LogP contribution in [-0.2, 0) is 10.0 Å². The Hall–Kier alpha value is -0.980. The Bertz CT molecular complexity index is 517. The van der Waals surface area contributed by atoms with E-state index in [0.29, 0.717) is 24.9 Å². The van der Waals surface area contributed by atoms with Gasteiger partial charge in [0.15, 0.2) is 0 Å². The minimum atomic E-state index is -3.65. The molecule has 4 nitrogen and oxygen atoms in total. The number of rotatable bonds is 7. The Morgan fingerprint density at radius 2 is 1.95 bits per heavy atom. The standard InChI is InChI=1S/C13H20FNO3S/c1-11-6-7-12(14)10-13(11)19(17,18)15(2)8-4-3-5-9-16/h6-7,10,16H,3-5,8-9H2,1-2H3. The second-order valence-corrected chi connectivity index (χ2v) is 6.53. The van der Waals surface area contributed by atoms with Gasteiger partial charge in [0, 0.05) is 20.2 Å². The van der Waals surface area contributed by atoms with E-state index in [1.165, 1.54) is 23.5 Å². The molecule has 108 valence electrons. The van der Waals surface area contributed by atoms with Gasteiger partial charge in [0.1, 0.15) is 5.82 Å². The SMILES string of the molecule is Cc1ccc(F)cc1S(=O)(=O)N(C)CCCCCO. The summed E-state index contributed by atoms with van der Waals surface area (Å²) in [6, 6.07) is 3.76. The van der Waals surface area contributed by atoms with Crippen LogP contribution >= 0.6 is 0 Å². The van der Waals surface area contributed by atoms with Gasteiger partial charge in [-0.1, -0.05) is 6.07 Å². The second-order valence-electron chi connectivity index (χ2n) is 4.52. The molecule has 0 radical (unpaired) electrons. The second kappa shape index (κ2) is 6.98. The van der Waals surface area contributed by atoms with E-state index < -0.39 is 15.8 Å². The number of hydrogen-bond donors (Lipinski definition) is 1. The van der Waals surface area contributed by atoms with E-state index in [9.17, 15) is 12.8 Å². The third kappa shape index (κ3) is 4.26. The molecule has 0 aliphatic heterocycles. The Labute approximate surface area is 113 Å². The van der Waals surface area contributed by atoms with Crippen molar-refractivity contribution in [3.05, 3.63) is 29.6 Å². The summed E-state index contributed by atoms with van der Waals surface area (Å²) in [6.07, 6.45) is 2.09. The van der Waals surface area contributed by atoms with Crippen molar-refractivity contribution in [1.29, 1.82) is 0 Å². The van der Waals surface area contributed by atoms with Crippen LogP contribution in [0.15, 0.2) is 23.1 Å². The van der Waals surface area contributed by atoms with Crippen LogP contribution in [0.25, 0.3) is 0 Å². The lowest BCUT2D eigenvalue weighted by Gasteiger charge is -2.18. The van der Waals surface area contributed by atoms with Gasteiger partial charge >= 0.3 is 0 Å². The lowest BCUT2D eigenvalue weighted by Crippen LogP contribution is -2.28. The van der Waals surface area contributed by atoms with Crippen LogP contribution in [0, 0.1) is 12.7 Å². The van der Waals surface area contributed by atoms with Gasteiger partial charge in [0.2, 0.25) is 10.0 Å². The van der Waals surface area contributed by atoms with Gasteiger partial charge in [-0.05, 0) is 43.9 Å². The summed E-state index contributed by atoms with van der Waals surface area (Å²) >= 11 is 0. The van der Waals surface area contributed by atoms with E-state index in [-0.39, 0.29) is 11.5 Å². The van der Waals surface area contributed by atoms with Gasteiger partial charge in [-0.3, -0.25) is 0 Å². The molecule has 19 heavy (non-hydrogen) atoms. The van der Waals surface area contributed by atoms with Crippen molar-refractivity contribution in [2.24, 2.45) is 0 Å². The van der Waals surface area contributed by atoms with E-state index in [2.05, 4.69) is 0 Å². The zero-order valence-corrected chi connectivity index (χ0v) is 12.1. The van der Waals surface area contributed by atoms with E-state index in [1.807, 2.05) is 0 Å². The van der Waals surface area contributed by atoms with Gasteiger partial charge in [-0.15, -0.1) is 0 Å². The minimum Gasteiger partial charge on any atom is -0.396 e. The topological polar surface area (TPSA) is 57.6 Å². The lowest BCUT2D eigenvalue weighted by atomic mass is 10.2. The molecular formula is C13H20FNO3S. The first-order chi connectivity index (χ1) is 8.89. The molecule has 1 aromatic rings. The highest BCUT2D eigenvalue weighted by Gasteiger charge is 2.22. The molecule has 0 aliphatic carbocycles. The highest BCUT2D eigenvalue weighted by atomic mass is 32.2. The summed E-state index contributed by atoms with van der Waals surface area (Å²) in [7, 11) is -2.16. The van der Waals surface area contributed by atoms with E-state index in [0.717, 1.165) is 12.5 Å². The predicted molar refractivity (Wildman–Crippen MR) is 71.9 cm³/mol. The monoisotopic (exact) mass is 289 g/mol. The number of sulfonamides is 1. The molecule has 0 atom stereocenters. The summed E-state index contributed by atoms with van der Waals surface area (Å²) in [4.78, 5) is 0.0113. The average molecular weight is 289 g/mol. The van der Waals surface area contributed by atoms with Crippen LogP contribution in [0.4, 0.5) is 4.39 Å². The number of hydrogen-bond acceptors (Lipinski definition) is 3. The van der Waals surface area contributed by atoms with Crippen molar-refractivity contribution in [1.82, 2.24) is 4.31 Å². The summed E-state index contributed by atoms with van der Waals surface area (Å²) in [6.45, 7) is 2.11. The van der Waals surface area contributed by atoms with Crippen LogP contribution in [0.1, 0.15) is 24.8 Å². The van der Waals surface area contributed by atoms with Gasteiger partial charge < -0.3 is 5.11 Å². The molecule has 0 unspecified atom stereocenters. The number of unbranched alkanes of at least 4 members (excludes halogenated alkanes) is 2. The van der Waals surface area contributed by atoms with Crippen LogP contribution in [0.3, 0.4) is 0 Å². The third-order valence-corrected chi connectivity index (χ3v) is 4.97. The van der Waals surface area contributed by atoms with Crippen LogP contribution in [0.5, 0.6) is 0 Å². The molecule has 0 spiro atoms. The first-order valence-electron chi connectivity index (χ1n) is 6.23. The molecule has 6 heteroatoms. The smallest absolute Gasteiger partial charge is 0.243 e. The average Bonchev–Trinajstić information content (AvgIpc) is 2.37.